The molecule has 2 aromatic carbocycles. The average Bonchev–Trinajstić information content (AvgIpc) is 2.94. The third kappa shape index (κ3) is 4.80. The average molecular weight is 482 g/mol. The summed E-state index contributed by atoms with van der Waals surface area (Å²) >= 11 is 0. The molecule has 0 bridgehead atoms. The number of nitrogens with one attached hydrogen (secondary N) is 1. The summed E-state index contributed by atoms with van der Waals surface area (Å²) in [6, 6.07) is 13.1. The normalized spacial score (nSPS) is 19.3. The number of rotatable bonds is 8. The molecular formula is C21H27N3O6S2. The maximum atomic E-state index is 13.2. The molecular weight excluding hydrogens is 454 g/mol. The van der Waals surface area contributed by atoms with Gasteiger partial charge in [0.25, 0.3) is 0 Å². The first-order chi connectivity index (χ1) is 15.0. The fraction of sp³-hybridized carbons (Fsp3) is 0.381. The van der Waals surface area contributed by atoms with Crippen molar-refractivity contribution in [2.75, 3.05) is 37.8 Å². The highest BCUT2D eigenvalue weighted by molar-refractivity contribution is 7.94. The zero-order valence-corrected chi connectivity index (χ0v) is 20.0. The predicted molar refractivity (Wildman–Crippen MR) is 121 cm³/mol. The van der Waals surface area contributed by atoms with E-state index in [1.54, 1.807) is 0 Å². The van der Waals surface area contributed by atoms with Gasteiger partial charge in [-0.25, -0.2) is 25.9 Å². The molecule has 0 saturated carbocycles. The zero-order valence-electron chi connectivity index (χ0n) is 18.3. The van der Waals surface area contributed by atoms with Crippen molar-refractivity contribution in [1.82, 2.24) is 9.62 Å². The topological polar surface area (TPSA) is 113 Å². The summed E-state index contributed by atoms with van der Waals surface area (Å²) in [6.45, 7) is 1.60. The van der Waals surface area contributed by atoms with Crippen molar-refractivity contribution in [2.24, 2.45) is 5.92 Å². The van der Waals surface area contributed by atoms with Crippen molar-refractivity contribution in [2.45, 2.75) is 17.9 Å². The number of methoxy groups -OCH3 is 1. The number of amides is 1. The van der Waals surface area contributed by atoms with Crippen molar-refractivity contribution in [3.8, 4) is 5.75 Å². The van der Waals surface area contributed by atoms with E-state index in [1.807, 2.05) is 49.3 Å². The van der Waals surface area contributed by atoms with E-state index < -0.39 is 31.9 Å². The molecule has 1 fully saturated rings. The lowest BCUT2D eigenvalue weighted by Crippen LogP contribution is -2.35. The van der Waals surface area contributed by atoms with E-state index in [-0.39, 0.29) is 34.7 Å². The molecule has 2 atom stereocenters. The van der Waals surface area contributed by atoms with E-state index in [4.69, 9.17) is 4.74 Å². The molecule has 3 rings (SSSR count). The van der Waals surface area contributed by atoms with Crippen LogP contribution in [0.1, 0.15) is 18.5 Å². The van der Waals surface area contributed by atoms with E-state index in [0.29, 0.717) is 4.31 Å². The number of likely N-dealkylation sites (N-methyl/N-ethyl adjacent to an activating group) is 1. The smallest absolute Gasteiger partial charge is 0.244 e. The Morgan fingerprint density at radius 1 is 1.19 bits per heavy atom. The van der Waals surface area contributed by atoms with Gasteiger partial charge in [-0.2, -0.15) is 0 Å². The van der Waals surface area contributed by atoms with Crippen LogP contribution in [0.3, 0.4) is 0 Å². The molecule has 0 aromatic heterocycles. The first-order valence-electron chi connectivity index (χ1n) is 9.94. The van der Waals surface area contributed by atoms with Crippen molar-refractivity contribution < 1.29 is 26.4 Å². The first kappa shape index (κ1) is 24.2. The summed E-state index contributed by atoms with van der Waals surface area (Å²) in [7, 11) is -2.96. The number of benzene rings is 2. The molecule has 1 saturated heterocycles. The molecule has 1 aliphatic rings. The summed E-state index contributed by atoms with van der Waals surface area (Å²) in [4.78, 5) is 14.1. The summed E-state index contributed by atoms with van der Waals surface area (Å²) in [5.74, 6) is -1.57. The Labute approximate surface area is 189 Å². The summed E-state index contributed by atoms with van der Waals surface area (Å²) in [5, 5.41) is 0. The molecule has 9 nitrogen and oxygen atoms in total. The standard InChI is InChI=1S/C21H27N3O6S2/c1-15-14-31(26,27)24(21(15)25)17-10-11-19(30-4)20(12-17)32(28,29)22-13-18(23(2)3)16-8-6-5-7-9-16/h5-12,15,18,22H,13-14H2,1-4H3. The van der Waals surface area contributed by atoms with Crippen LogP contribution >= 0.6 is 0 Å². The van der Waals surface area contributed by atoms with Gasteiger partial charge in [-0.3, -0.25) is 4.79 Å². The minimum Gasteiger partial charge on any atom is -0.495 e. The maximum absolute atomic E-state index is 13.2. The summed E-state index contributed by atoms with van der Waals surface area (Å²) < 4.78 is 59.7. The number of nitrogens with zero attached hydrogens (tertiary/aromatic N) is 2. The Bertz CT molecular complexity index is 1200. The molecule has 0 radical (unpaired) electrons. The van der Waals surface area contributed by atoms with Crippen LogP contribution in [-0.4, -0.2) is 61.1 Å². The van der Waals surface area contributed by atoms with E-state index in [2.05, 4.69) is 4.72 Å². The maximum Gasteiger partial charge on any atom is 0.244 e. The molecule has 11 heteroatoms. The largest absolute Gasteiger partial charge is 0.495 e. The van der Waals surface area contributed by atoms with Crippen molar-refractivity contribution >= 4 is 31.6 Å². The number of hydrogen-bond acceptors (Lipinski definition) is 7. The lowest BCUT2D eigenvalue weighted by Gasteiger charge is -2.25. The number of ether oxygens (including phenoxy) is 1. The van der Waals surface area contributed by atoms with Gasteiger partial charge in [-0.05, 0) is 37.9 Å². The van der Waals surface area contributed by atoms with Crippen LogP contribution in [0.4, 0.5) is 5.69 Å². The van der Waals surface area contributed by atoms with Gasteiger partial charge < -0.3 is 9.64 Å². The lowest BCUT2D eigenvalue weighted by molar-refractivity contribution is -0.119. The van der Waals surface area contributed by atoms with Crippen LogP contribution in [0.2, 0.25) is 0 Å². The quantitative estimate of drug-likeness (QED) is 0.609. The number of carbonyl (C=O) groups is 1. The second-order valence-corrected chi connectivity index (χ2v) is 11.5. The second kappa shape index (κ2) is 9.18. The third-order valence-corrected chi connectivity index (χ3v) is 8.62. The van der Waals surface area contributed by atoms with E-state index in [9.17, 15) is 21.6 Å². The predicted octanol–water partition coefficient (Wildman–Crippen LogP) is 1.59. The van der Waals surface area contributed by atoms with Gasteiger partial charge >= 0.3 is 0 Å². The van der Waals surface area contributed by atoms with Gasteiger partial charge in [-0.15, -0.1) is 0 Å². The molecule has 1 heterocycles. The van der Waals surface area contributed by atoms with E-state index in [1.165, 1.54) is 26.2 Å². The zero-order chi connectivity index (χ0) is 23.7. The molecule has 1 aliphatic heterocycles. The fourth-order valence-electron chi connectivity index (χ4n) is 3.63. The van der Waals surface area contributed by atoms with E-state index >= 15 is 0 Å². The van der Waals surface area contributed by atoms with Crippen LogP contribution in [0, 0.1) is 5.92 Å². The molecule has 174 valence electrons. The van der Waals surface area contributed by atoms with Crippen LogP contribution < -0.4 is 13.8 Å². The Morgan fingerprint density at radius 3 is 2.38 bits per heavy atom. The minimum atomic E-state index is -4.09. The highest BCUT2D eigenvalue weighted by Crippen LogP contribution is 2.34. The molecule has 1 N–H and O–H groups in total. The van der Waals surface area contributed by atoms with Crippen LogP contribution in [0.15, 0.2) is 53.4 Å². The van der Waals surface area contributed by atoms with E-state index in [0.717, 1.165) is 11.6 Å². The molecule has 1 amide bonds. The lowest BCUT2D eigenvalue weighted by atomic mass is 10.1. The van der Waals surface area contributed by atoms with Gasteiger partial charge in [0.15, 0.2) is 0 Å². The van der Waals surface area contributed by atoms with Crippen LogP contribution in [0.25, 0.3) is 0 Å². The van der Waals surface area contributed by atoms with Crippen LogP contribution in [-0.2, 0) is 24.8 Å². The highest BCUT2D eigenvalue weighted by Gasteiger charge is 2.42. The van der Waals surface area contributed by atoms with Gasteiger partial charge in [-0.1, -0.05) is 37.3 Å². The Kier molecular flexibility index (Phi) is 6.94. The first-order valence-corrected chi connectivity index (χ1v) is 13.0. The number of carbonyl (C=O) groups excluding carboxylic acids is 1. The third-order valence-electron chi connectivity index (χ3n) is 5.31. The van der Waals surface area contributed by atoms with Gasteiger partial charge in [0.1, 0.15) is 10.6 Å². The van der Waals surface area contributed by atoms with Crippen molar-refractivity contribution in [1.29, 1.82) is 0 Å². The van der Waals surface area contributed by atoms with Crippen molar-refractivity contribution in [3.05, 3.63) is 54.1 Å². The highest BCUT2D eigenvalue weighted by atomic mass is 32.2. The van der Waals surface area contributed by atoms with Gasteiger partial charge in [0.05, 0.1) is 24.5 Å². The minimum absolute atomic E-state index is 0.0345. The summed E-state index contributed by atoms with van der Waals surface area (Å²) in [6.07, 6.45) is 0. The fourth-order valence-corrected chi connectivity index (χ4v) is 6.67. The second-order valence-electron chi connectivity index (χ2n) is 7.86. The van der Waals surface area contributed by atoms with Gasteiger partial charge in [0.2, 0.25) is 26.0 Å². The Morgan fingerprint density at radius 2 is 1.84 bits per heavy atom. The number of hydrogen-bond donors (Lipinski definition) is 1. The van der Waals surface area contributed by atoms with Crippen LogP contribution in [0.5, 0.6) is 5.75 Å². The molecule has 32 heavy (non-hydrogen) atoms. The Balaban J connectivity index is 1.95. The molecule has 2 unspecified atom stereocenters. The number of sulfonamides is 2. The summed E-state index contributed by atoms with van der Waals surface area (Å²) in [5.41, 5.74) is 0.899. The molecule has 0 spiro atoms. The monoisotopic (exact) mass is 481 g/mol. The van der Waals surface area contributed by atoms with Crippen molar-refractivity contribution in [3.63, 3.8) is 0 Å². The molecule has 0 aliphatic carbocycles. The molecule has 2 aromatic rings. The number of anilines is 1. The Hall–Kier alpha value is -2.47. The SMILES string of the molecule is COc1ccc(N2C(=O)C(C)CS2(=O)=O)cc1S(=O)(=O)NCC(c1ccccc1)N(C)C. The van der Waals surface area contributed by atoms with Gasteiger partial charge in [0, 0.05) is 12.6 Å².